The second kappa shape index (κ2) is 3.89. The van der Waals surface area contributed by atoms with Gasteiger partial charge in [0.25, 0.3) is 5.69 Å². The lowest BCUT2D eigenvalue weighted by Crippen LogP contribution is -1.90. The summed E-state index contributed by atoms with van der Waals surface area (Å²) < 4.78 is 10.3. The van der Waals surface area contributed by atoms with E-state index < -0.39 is 4.92 Å². The topological polar surface area (TPSA) is 82.6 Å². The van der Waals surface area contributed by atoms with Gasteiger partial charge in [0.05, 0.1) is 12.0 Å². The number of nitrogens with zero attached hydrogens (tertiary/aromatic N) is 1. The van der Waals surface area contributed by atoms with Gasteiger partial charge in [-0.15, -0.1) is 0 Å². The van der Waals surface area contributed by atoms with E-state index in [0.29, 0.717) is 5.75 Å². The van der Waals surface area contributed by atoms with E-state index in [0.717, 1.165) is 0 Å². The molecule has 88 valence electrons. The Morgan fingerprint density at radius 3 is 2.71 bits per heavy atom. The number of non-ortho nitro benzene ring substituents is 1. The molecule has 0 saturated carbocycles. The molecule has 0 saturated heterocycles. The van der Waals surface area contributed by atoms with E-state index in [9.17, 15) is 14.9 Å². The molecule has 1 heterocycles. The molecule has 0 bridgehead atoms. The molecule has 0 aliphatic carbocycles. The highest BCUT2D eigenvalue weighted by atomic mass is 16.6. The number of nitro benzene ring substituents is 1. The predicted octanol–water partition coefficient (Wildman–Crippen LogP) is 2.55. The molecule has 0 aliphatic rings. The zero-order valence-electron chi connectivity index (χ0n) is 9.22. The number of carbonyl (C=O) groups is 1. The molecule has 0 atom stereocenters. The summed E-state index contributed by atoms with van der Waals surface area (Å²) in [5.41, 5.74) is 0.101. The van der Waals surface area contributed by atoms with E-state index in [-0.39, 0.29) is 28.2 Å². The van der Waals surface area contributed by atoms with E-state index in [1.807, 2.05) is 0 Å². The highest BCUT2D eigenvalue weighted by Crippen LogP contribution is 2.35. The van der Waals surface area contributed by atoms with Crippen molar-refractivity contribution in [2.45, 2.75) is 6.92 Å². The fourth-order valence-corrected chi connectivity index (χ4v) is 1.58. The van der Waals surface area contributed by atoms with Crippen molar-refractivity contribution >= 4 is 22.4 Å². The number of hydrogen-bond acceptors (Lipinski definition) is 5. The van der Waals surface area contributed by atoms with Gasteiger partial charge in [-0.25, -0.2) is 0 Å². The van der Waals surface area contributed by atoms with Crippen LogP contribution in [0.5, 0.6) is 5.75 Å². The predicted molar refractivity (Wildman–Crippen MR) is 59.4 cm³/mol. The largest absolute Gasteiger partial charge is 0.493 e. The van der Waals surface area contributed by atoms with Crippen LogP contribution in [0.3, 0.4) is 0 Å². The molecular weight excluding hydrogens is 226 g/mol. The first-order valence-corrected chi connectivity index (χ1v) is 4.80. The summed E-state index contributed by atoms with van der Waals surface area (Å²) >= 11 is 0. The van der Waals surface area contributed by atoms with Crippen molar-refractivity contribution in [3.63, 3.8) is 0 Å². The highest BCUT2D eigenvalue weighted by molar-refractivity contribution is 6.00. The normalized spacial score (nSPS) is 10.5. The molecule has 1 aromatic carbocycles. The molecule has 0 amide bonds. The minimum absolute atomic E-state index is 0.0765. The number of rotatable bonds is 3. The van der Waals surface area contributed by atoms with E-state index in [1.54, 1.807) is 0 Å². The minimum Gasteiger partial charge on any atom is -0.493 e. The third-order valence-corrected chi connectivity index (χ3v) is 2.39. The monoisotopic (exact) mass is 235 g/mol. The quantitative estimate of drug-likeness (QED) is 0.463. The van der Waals surface area contributed by atoms with Gasteiger partial charge in [-0.05, 0) is 6.07 Å². The maximum absolute atomic E-state index is 11.2. The Balaban J connectivity index is 2.81. The maximum atomic E-state index is 11.2. The summed E-state index contributed by atoms with van der Waals surface area (Å²) in [7, 11) is 1.43. The SMILES string of the molecule is COc1ccc([N+](=O)[O-])c2cc(C(C)=O)oc12. The van der Waals surface area contributed by atoms with Crippen LogP contribution in [0.4, 0.5) is 5.69 Å². The molecule has 0 N–H and O–H groups in total. The number of Topliss-reactive ketones (excluding diaryl/α,β-unsaturated/α-hetero) is 1. The van der Waals surface area contributed by atoms with Gasteiger partial charge in [0, 0.05) is 19.1 Å². The zero-order chi connectivity index (χ0) is 12.6. The number of hydrogen-bond donors (Lipinski definition) is 0. The van der Waals surface area contributed by atoms with E-state index in [4.69, 9.17) is 9.15 Å². The maximum Gasteiger partial charge on any atom is 0.280 e. The number of methoxy groups -OCH3 is 1. The Morgan fingerprint density at radius 2 is 2.18 bits per heavy atom. The zero-order valence-corrected chi connectivity index (χ0v) is 9.22. The molecule has 2 aromatic rings. The lowest BCUT2D eigenvalue weighted by atomic mass is 10.2. The van der Waals surface area contributed by atoms with Gasteiger partial charge in [-0.2, -0.15) is 0 Å². The van der Waals surface area contributed by atoms with Crippen LogP contribution in [0.15, 0.2) is 22.6 Å². The van der Waals surface area contributed by atoms with Crippen LogP contribution in [-0.4, -0.2) is 17.8 Å². The summed E-state index contributed by atoms with van der Waals surface area (Å²) in [6.07, 6.45) is 0. The minimum atomic E-state index is -0.527. The fourth-order valence-electron chi connectivity index (χ4n) is 1.58. The molecule has 0 radical (unpaired) electrons. The van der Waals surface area contributed by atoms with Gasteiger partial charge in [0.1, 0.15) is 5.39 Å². The van der Waals surface area contributed by atoms with Crippen molar-refractivity contribution in [3.05, 3.63) is 34.1 Å². The summed E-state index contributed by atoms with van der Waals surface area (Å²) in [4.78, 5) is 21.5. The molecule has 0 aliphatic heterocycles. The Labute approximate surface area is 95.9 Å². The molecule has 0 unspecified atom stereocenters. The van der Waals surface area contributed by atoms with Gasteiger partial charge in [-0.1, -0.05) is 0 Å². The smallest absolute Gasteiger partial charge is 0.280 e. The Bertz CT molecular complexity index is 614. The lowest BCUT2D eigenvalue weighted by Gasteiger charge is -1.99. The van der Waals surface area contributed by atoms with Crippen LogP contribution in [0, 0.1) is 10.1 Å². The van der Waals surface area contributed by atoms with Crippen molar-refractivity contribution in [2.75, 3.05) is 7.11 Å². The first-order valence-electron chi connectivity index (χ1n) is 4.80. The van der Waals surface area contributed by atoms with Crippen LogP contribution in [0.25, 0.3) is 11.0 Å². The number of ketones is 1. The Hall–Kier alpha value is -2.37. The van der Waals surface area contributed by atoms with Crippen LogP contribution >= 0.6 is 0 Å². The van der Waals surface area contributed by atoms with Gasteiger partial charge >= 0.3 is 0 Å². The molecule has 6 heteroatoms. The van der Waals surface area contributed by atoms with Crippen LogP contribution < -0.4 is 4.74 Å². The Kier molecular flexibility index (Phi) is 2.55. The van der Waals surface area contributed by atoms with E-state index in [1.165, 1.54) is 32.2 Å². The number of fused-ring (bicyclic) bond motifs is 1. The molecule has 0 spiro atoms. The fraction of sp³-hybridized carbons (Fsp3) is 0.182. The first-order chi connectivity index (χ1) is 8.04. The van der Waals surface area contributed by atoms with Crippen molar-refractivity contribution in [2.24, 2.45) is 0 Å². The number of ether oxygens (including phenoxy) is 1. The lowest BCUT2D eigenvalue weighted by molar-refractivity contribution is -0.383. The Morgan fingerprint density at radius 1 is 1.47 bits per heavy atom. The van der Waals surface area contributed by atoms with Gasteiger partial charge in [0.2, 0.25) is 0 Å². The van der Waals surface area contributed by atoms with E-state index >= 15 is 0 Å². The molecule has 6 nitrogen and oxygen atoms in total. The van der Waals surface area contributed by atoms with Crippen molar-refractivity contribution < 1.29 is 18.9 Å². The number of carbonyl (C=O) groups excluding carboxylic acids is 1. The average molecular weight is 235 g/mol. The molecule has 17 heavy (non-hydrogen) atoms. The summed E-state index contributed by atoms with van der Waals surface area (Å²) in [6, 6.07) is 4.12. The first kappa shape index (κ1) is 11.1. The van der Waals surface area contributed by atoms with Gasteiger partial charge < -0.3 is 9.15 Å². The van der Waals surface area contributed by atoms with Gasteiger partial charge in [0.15, 0.2) is 22.9 Å². The van der Waals surface area contributed by atoms with Gasteiger partial charge in [-0.3, -0.25) is 14.9 Å². The second-order valence-corrected chi connectivity index (χ2v) is 3.45. The summed E-state index contributed by atoms with van der Waals surface area (Å²) in [5, 5.41) is 11.1. The third kappa shape index (κ3) is 1.73. The average Bonchev–Trinajstić information content (AvgIpc) is 2.71. The number of benzene rings is 1. The van der Waals surface area contributed by atoms with Crippen molar-refractivity contribution in [3.8, 4) is 5.75 Å². The number of nitro groups is 1. The standard InChI is InChI=1S/C11H9NO5/c1-6(13)10-5-7-8(12(14)15)3-4-9(16-2)11(7)17-10/h3-5H,1-2H3. The van der Waals surface area contributed by atoms with Crippen molar-refractivity contribution in [1.82, 2.24) is 0 Å². The second-order valence-electron chi connectivity index (χ2n) is 3.45. The molecule has 2 rings (SSSR count). The van der Waals surface area contributed by atoms with E-state index in [2.05, 4.69) is 0 Å². The van der Waals surface area contributed by atoms with Crippen molar-refractivity contribution in [1.29, 1.82) is 0 Å². The summed E-state index contributed by atoms with van der Waals surface area (Å²) in [6.45, 7) is 1.33. The summed E-state index contributed by atoms with van der Waals surface area (Å²) in [5.74, 6) is 0.142. The van der Waals surface area contributed by atoms with Crippen LogP contribution in [0.1, 0.15) is 17.5 Å². The molecular formula is C11H9NO5. The molecule has 1 aromatic heterocycles. The molecule has 0 fully saturated rings. The highest BCUT2D eigenvalue weighted by Gasteiger charge is 2.20. The van der Waals surface area contributed by atoms with Crippen LogP contribution in [0.2, 0.25) is 0 Å². The number of furan rings is 1. The third-order valence-electron chi connectivity index (χ3n) is 2.39. The van der Waals surface area contributed by atoms with Crippen LogP contribution in [-0.2, 0) is 0 Å².